The highest BCUT2D eigenvalue weighted by atomic mass is 35.5. The van der Waals surface area contributed by atoms with Crippen LogP contribution in [0.5, 0.6) is 11.6 Å². The van der Waals surface area contributed by atoms with Gasteiger partial charge >= 0.3 is 6.36 Å². The van der Waals surface area contributed by atoms with Gasteiger partial charge in [-0.05, 0) is 0 Å². The van der Waals surface area contributed by atoms with Gasteiger partial charge in [-0.1, -0.05) is 11.6 Å². The highest BCUT2D eigenvalue weighted by molar-refractivity contribution is 6.30. The fourth-order valence-electron chi connectivity index (χ4n) is 1.02. The van der Waals surface area contributed by atoms with Crippen LogP contribution in [-0.4, -0.2) is 18.5 Å². The van der Waals surface area contributed by atoms with Gasteiger partial charge in [-0.25, -0.2) is 13.8 Å². The van der Waals surface area contributed by atoms with Gasteiger partial charge in [-0.3, -0.25) is 0 Å². The van der Waals surface area contributed by atoms with Gasteiger partial charge in [0.05, 0.1) is 12.7 Å². The standard InChI is InChI=1S/C8H5ClF5NO2/c1-16-3-2-4(17-8(12,13)14)15-6(9)5(3)7(10)11/h2,7H,1H3. The first-order chi connectivity index (χ1) is 7.74. The van der Waals surface area contributed by atoms with Crippen molar-refractivity contribution < 1.29 is 31.4 Å². The third-order valence-corrected chi connectivity index (χ3v) is 1.90. The molecule has 0 amide bonds. The van der Waals surface area contributed by atoms with E-state index >= 15 is 0 Å². The molecule has 0 aliphatic heterocycles. The Balaban J connectivity index is 3.18. The van der Waals surface area contributed by atoms with Crippen molar-refractivity contribution in [3.63, 3.8) is 0 Å². The molecule has 0 saturated heterocycles. The summed E-state index contributed by atoms with van der Waals surface area (Å²) in [5.74, 6) is -1.50. The van der Waals surface area contributed by atoms with Gasteiger partial charge in [-0.2, -0.15) is 0 Å². The number of hydrogen-bond acceptors (Lipinski definition) is 3. The second kappa shape index (κ2) is 4.91. The molecule has 0 N–H and O–H groups in total. The minimum Gasteiger partial charge on any atom is -0.496 e. The molecule has 0 unspecified atom stereocenters. The SMILES string of the molecule is COc1cc(OC(F)(F)F)nc(Cl)c1C(F)F. The topological polar surface area (TPSA) is 31.4 Å². The molecule has 0 aliphatic carbocycles. The highest BCUT2D eigenvalue weighted by Crippen LogP contribution is 2.37. The van der Waals surface area contributed by atoms with Gasteiger partial charge in [0.1, 0.15) is 10.9 Å². The minimum absolute atomic E-state index is 0.528. The summed E-state index contributed by atoms with van der Waals surface area (Å²) >= 11 is 5.32. The summed E-state index contributed by atoms with van der Waals surface area (Å²) < 4.78 is 68.5. The molecular formula is C8H5ClF5NO2. The number of methoxy groups -OCH3 is 1. The average Bonchev–Trinajstić information content (AvgIpc) is 2.12. The Morgan fingerprint density at radius 3 is 2.35 bits per heavy atom. The molecule has 1 aromatic rings. The first-order valence-electron chi connectivity index (χ1n) is 4.03. The summed E-state index contributed by atoms with van der Waals surface area (Å²) in [4.78, 5) is 3.05. The Hall–Kier alpha value is -1.31. The van der Waals surface area contributed by atoms with E-state index < -0.39 is 35.1 Å². The van der Waals surface area contributed by atoms with Gasteiger partial charge in [0.25, 0.3) is 6.43 Å². The lowest BCUT2D eigenvalue weighted by atomic mass is 10.2. The van der Waals surface area contributed by atoms with Crippen molar-refractivity contribution in [1.29, 1.82) is 0 Å². The van der Waals surface area contributed by atoms with E-state index in [1.807, 2.05) is 0 Å². The molecule has 0 fully saturated rings. The lowest BCUT2D eigenvalue weighted by Gasteiger charge is -2.12. The van der Waals surface area contributed by atoms with Gasteiger partial charge in [-0.15, -0.1) is 13.2 Å². The van der Waals surface area contributed by atoms with Crippen molar-refractivity contribution in [1.82, 2.24) is 4.98 Å². The molecule has 17 heavy (non-hydrogen) atoms. The van der Waals surface area contributed by atoms with Crippen molar-refractivity contribution in [2.45, 2.75) is 12.8 Å². The summed E-state index contributed by atoms with van der Waals surface area (Å²) in [5, 5.41) is -0.807. The Morgan fingerprint density at radius 1 is 1.35 bits per heavy atom. The van der Waals surface area contributed by atoms with Crippen molar-refractivity contribution >= 4 is 11.6 Å². The Bertz CT molecular complexity index is 410. The molecule has 0 bridgehead atoms. The molecular weight excluding hydrogens is 273 g/mol. The Morgan fingerprint density at radius 2 is 1.94 bits per heavy atom. The summed E-state index contributed by atoms with van der Waals surface area (Å²) in [5.41, 5.74) is -0.788. The van der Waals surface area contributed by atoms with E-state index in [4.69, 9.17) is 11.6 Å². The van der Waals surface area contributed by atoms with Crippen molar-refractivity contribution in [3.05, 3.63) is 16.8 Å². The van der Waals surface area contributed by atoms with Crippen LogP contribution in [0.2, 0.25) is 5.15 Å². The van der Waals surface area contributed by atoms with E-state index in [0.717, 1.165) is 7.11 Å². The zero-order chi connectivity index (χ0) is 13.2. The number of nitrogens with zero attached hydrogens (tertiary/aromatic N) is 1. The number of rotatable bonds is 3. The minimum atomic E-state index is -4.99. The molecule has 1 heterocycles. The Labute approximate surface area is 97.1 Å². The molecule has 1 aromatic heterocycles. The number of halogens is 6. The lowest BCUT2D eigenvalue weighted by molar-refractivity contribution is -0.276. The van der Waals surface area contributed by atoms with Crippen LogP contribution in [0, 0.1) is 0 Å². The van der Waals surface area contributed by atoms with Gasteiger partial charge in [0, 0.05) is 6.07 Å². The van der Waals surface area contributed by atoms with E-state index in [-0.39, 0.29) is 0 Å². The van der Waals surface area contributed by atoms with Crippen LogP contribution >= 0.6 is 11.6 Å². The molecule has 1 rings (SSSR count). The fourth-order valence-corrected chi connectivity index (χ4v) is 1.28. The summed E-state index contributed by atoms with van der Waals surface area (Å²) in [6.45, 7) is 0. The van der Waals surface area contributed by atoms with E-state index in [1.165, 1.54) is 0 Å². The maximum absolute atomic E-state index is 12.5. The zero-order valence-electron chi connectivity index (χ0n) is 8.19. The second-order valence-corrected chi connectivity index (χ2v) is 3.07. The molecule has 96 valence electrons. The molecule has 0 aliphatic rings. The lowest BCUT2D eigenvalue weighted by Crippen LogP contribution is -2.18. The van der Waals surface area contributed by atoms with Crippen LogP contribution in [0.3, 0.4) is 0 Å². The third-order valence-electron chi connectivity index (χ3n) is 1.61. The predicted octanol–water partition coefficient (Wildman–Crippen LogP) is 3.58. The zero-order valence-corrected chi connectivity index (χ0v) is 8.94. The fraction of sp³-hybridized carbons (Fsp3) is 0.375. The maximum atomic E-state index is 12.5. The van der Waals surface area contributed by atoms with E-state index in [9.17, 15) is 22.0 Å². The number of pyridine rings is 1. The predicted molar refractivity (Wildman–Crippen MR) is 47.4 cm³/mol. The first-order valence-corrected chi connectivity index (χ1v) is 4.40. The van der Waals surface area contributed by atoms with Gasteiger partial charge in [0.15, 0.2) is 0 Å². The molecule has 3 nitrogen and oxygen atoms in total. The van der Waals surface area contributed by atoms with Gasteiger partial charge in [0.2, 0.25) is 5.88 Å². The number of alkyl halides is 5. The van der Waals surface area contributed by atoms with E-state index in [0.29, 0.717) is 6.07 Å². The molecule has 0 saturated carbocycles. The van der Waals surface area contributed by atoms with Gasteiger partial charge < -0.3 is 9.47 Å². The molecule has 0 spiro atoms. The smallest absolute Gasteiger partial charge is 0.496 e. The summed E-state index contributed by atoms with van der Waals surface area (Å²) in [7, 11) is 1.01. The third kappa shape index (κ3) is 3.58. The molecule has 0 aromatic carbocycles. The normalized spacial score (nSPS) is 11.8. The van der Waals surface area contributed by atoms with Crippen molar-refractivity contribution in [2.24, 2.45) is 0 Å². The van der Waals surface area contributed by atoms with Crippen LogP contribution < -0.4 is 9.47 Å². The van der Waals surface area contributed by atoms with Crippen LogP contribution in [0.4, 0.5) is 22.0 Å². The average molecular weight is 278 g/mol. The summed E-state index contributed by atoms with van der Waals surface area (Å²) in [6.07, 6.45) is -8.02. The van der Waals surface area contributed by atoms with Crippen LogP contribution in [-0.2, 0) is 0 Å². The van der Waals surface area contributed by atoms with Crippen molar-refractivity contribution in [2.75, 3.05) is 7.11 Å². The molecule has 0 radical (unpaired) electrons. The largest absolute Gasteiger partial charge is 0.574 e. The number of aromatic nitrogens is 1. The highest BCUT2D eigenvalue weighted by Gasteiger charge is 2.33. The Kier molecular flexibility index (Phi) is 3.97. The monoisotopic (exact) mass is 277 g/mol. The first kappa shape index (κ1) is 13.8. The van der Waals surface area contributed by atoms with Crippen LogP contribution in [0.15, 0.2) is 6.07 Å². The van der Waals surface area contributed by atoms with E-state index in [2.05, 4.69) is 14.5 Å². The van der Waals surface area contributed by atoms with Crippen LogP contribution in [0.25, 0.3) is 0 Å². The van der Waals surface area contributed by atoms with Crippen LogP contribution in [0.1, 0.15) is 12.0 Å². The number of ether oxygens (including phenoxy) is 2. The molecule has 0 atom stereocenters. The quantitative estimate of drug-likeness (QED) is 0.625. The maximum Gasteiger partial charge on any atom is 0.574 e. The molecule has 9 heteroatoms. The van der Waals surface area contributed by atoms with Crippen molar-refractivity contribution in [3.8, 4) is 11.6 Å². The second-order valence-electron chi connectivity index (χ2n) is 2.72. The number of hydrogen-bond donors (Lipinski definition) is 0. The summed E-state index contributed by atoms with van der Waals surface area (Å²) in [6, 6.07) is 0.584. The van der Waals surface area contributed by atoms with E-state index in [1.54, 1.807) is 0 Å².